The van der Waals surface area contributed by atoms with Crippen molar-refractivity contribution in [3.63, 3.8) is 0 Å². The molecule has 2 aromatic carbocycles. The van der Waals surface area contributed by atoms with Crippen LogP contribution in [0.5, 0.6) is 0 Å². The predicted molar refractivity (Wildman–Crippen MR) is 80.5 cm³/mol. The summed E-state index contributed by atoms with van der Waals surface area (Å²) in [6.45, 7) is 0. The first-order valence-electron chi connectivity index (χ1n) is 6.30. The molecular weight excluding hydrogens is 290 g/mol. The second-order valence-electron chi connectivity index (χ2n) is 4.62. The van der Waals surface area contributed by atoms with Gasteiger partial charge in [-0.25, -0.2) is 9.78 Å². The summed E-state index contributed by atoms with van der Waals surface area (Å²) in [7, 11) is 0. The standard InChI is InChI=1S/C16H8ClNO3/c17-10-5-6-12-11(8-10)16(19)21-15(18-12)14-7-9-3-1-2-4-13(9)20-14/h1-8H. The smallest absolute Gasteiger partial charge is 0.347 e. The molecule has 0 atom stereocenters. The average molecular weight is 298 g/mol. The fourth-order valence-electron chi connectivity index (χ4n) is 2.24. The Kier molecular flexibility index (Phi) is 2.59. The highest BCUT2D eigenvalue weighted by molar-refractivity contribution is 6.31. The van der Waals surface area contributed by atoms with Crippen molar-refractivity contribution >= 4 is 33.5 Å². The molecule has 0 radical (unpaired) electrons. The molecule has 2 heterocycles. The molecule has 0 bridgehead atoms. The number of para-hydroxylation sites is 1. The van der Waals surface area contributed by atoms with Crippen LogP contribution in [-0.4, -0.2) is 4.98 Å². The Labute approximate surface area is 123 Å². The summed E-state index contributed by atoms with van der Waals surface area (Å²) in [6, 6.07) is 14.2. The van der Waals surface area contributed by atoms with Crippen LogP contribution in [-0.2, 0) is 0 Å². The summed E-state index contributed by atoms with van der Waals surface area (Å²) < 4.78 is 10.9. The Hall–Kier alpha value is -2.59. The average Bonchev–Trinajstić information content (AvgIpc) is 2.92. The minimum Gasteiger partial charge on any atom is -0.451 e. The zero-order valence-electron chi connectivity index (χ0n) is 10.7. The van der Waals surface area contributed by atoms with E-state index in [0.717, 1.165) is 5.39 Å². The van der Waals surface area contributed by atoms with Crippen LogP contribution in [0.4, 0.5) is 0 Å². The number of hydrogen-bond acceptors (Lipinski definition) is 4. The molecule has 102 valence electrons. The maximum atomic E-state index is 12.0. The normalized spacial score (nSPS) is 11.3. The largest absolute Gasteiger partial charge is 0.451 e. The zero-order valence-corrected chi connectivity index (χ0v) is 11.4. The SMILES string of the molecule is O=c1oc(-c2cc3ccccc3o2)nc2ccc(Cl)cc12. The molecule has 0 aliphatic carbocycles. The van der Waals surface area contributed by atoms with Gasteiger partial charge in [-0.15, -0.1) is 0 Å². The summed E-state index contributed by atoms with van der Waals surface area (Å²) in [4.78, 5) is 16.4. The second-order valence-corrected chi connectivity index (χ2v) is 5.05. The van der Waals surface area contributed by atoms with Crippen LogP contribution >= 0.6 is 11.6 Å². The van der Waals surface area contributed by atoms with Crippen LogP contribution in [0.1, 0.15) is 0 Å². The molecule has 5 heteroatoms. The van der Waals surface area contributed by atoms with Gasteiger partial charge in [-0.3, -0.25) is 0 Å². The lowest BCUT2D eigenvalue weighted by atomic mass is 10.2. The molecule has 0 spiro atoms. The molecule has 0 N–H and O–H groups in total. The zero-order chi connectivity index (χ0) is 14.4. The number of hydrogen-bond donors (Lipinski definition) is 0. The van der Waals surface area contributed by atoms with E-state index in [0.29, 0.717) is 27.3 Å². The molecule has 0 aliphatic heterocycles. The molecule has 2 aromatic heterocycles. The Morgan fingerprint density at radius 3 is 2.71 bits per heavy atom. The van der Waals surface area contributed by atoms with Crippen LogP contribution in [0.15, 0.2) is 62.2 Å². The van der Waals surface area contributed by atoms with Gasteiger partial charge in [-0.2, -0.15) is 0 Å². The Balaban J connectivity index is 1.98. The van der Waals surface area contributed by atoms with Crippen LogP contribution in [0.25, 0.3) is 33.5 Å². The molecule has 0 aliphatic rings. The molecule has 4 aromatic rings. The van der Waals surface area contributed by atoms with Crippen LogP contribution in [0.2, 0.25) is 5.02 Å². The topological polar surface area (TPSA) is 56.2 Å². The summed E-state index contributed by atoms with van der Waals surface area (Å²) in [5, 5.41) is 1.74. The lowest BCUT2D eigenvalue weighted by molar-refractivity contribution is 0.491. The molecule has 21 heavy (non-hydrogen) atoms. The highest BCUT2D eigenvalue weighted by Gasteiger charge is 2.13. The van der Waals surface area contributed by atoms with Gasteiger partial charge in [-0.05, 0) is 30.3 Å². The van der Waals surface area contributed by atoms with E-state index in [1.54, 1.807) is 18.2 Å². The number of furan rings is 1. The van der Waals surface area contributed by atoms with Crippen molar-refractivity contribution in [3.05, 3.63) is 64.0 Å². The molecule has 0 fully saturated rings. The number of halogens is 1. The lowest BCUT2D eigenvalue weighted by Gasteiger charge is -1.99. The van der Waals surface area contributed by atoms with Crippen LogP contribution in [0.3, 0.4) is 0 Å². The third-order valence-electron chi connectivity index (χ3n) is 3.23. The van der Waals surface area contributed by atoms with Crippen molar-refractivity contribution in [1.82, 2.24) is 4.98 Å². The third-order valence-corrected chi connectivity index (χ3v) is 3.46. The molecular formula is C16H8ClNO3. The third kappa shape index (κ3) is 2.00. The van der Waals surface area contributed by atoms with E-state index in [1.165, 1.54) is 6.07 Å². The van der Waals surface area contributed by atoms with Gasteiger partial charge < -0.3 is 8.83 Å². The molecule has 0 unspecified atom stereocenters. The van der Waals surface area contributed by atoms with E-state index >= 15 is 0 Å². The first-order valence-corrected chi connectivity index (χ1v) is 6.68. The van der Waals surface area contributed by atoms with Crippen molar-refractivity contribution in [2.45, 2.75) is 0 Å². The quantitative estimate of drug-likeness (QED) is 0.527. The van der Waals surface area contributed by atoms with Gasteiger partial charge >= 0.3 is 5.63 Å². The van der Waals surface area contributed by atoms with Gasteiger partial charge in [0.25, 0.3) is 5.89 Å². The number of fused-ring (bicyclic) bond motifs is 2. The molecule has 0 saturated carbocycles. The second kappa shape index (κ2) is 4.46. The Bertz CT molecular complexity index is 999. The van der Waals surface area contributed by atoms with Gasteiger partial charge in [0, 0.05) is 10.4 Å². The van der Waals surface area contributed by atoms with Crippen molar-refractivity contribution < 1.29 is 8.83 Å². The van der Waals surface area contributed by atoms with Crippen molar-refractivity contribution in [3.8, 4) is 11.7 Å². The first kappa shape index (κ1) is 12.2. The van der Waals surface area contributed by atoms with Crippen LogP contribution < -0.4 is 5.63 Å². The molecule has 4 nitrogen and oxygen atoms in total. The molecule has 0 saturated heterocycles. The summed E-state index contributed by atoms with van der Waals surface area (Å²) in [5.74, 6) is 0.580. The Morgan fingerprint density at radius 2 is 1.86 bits per heavy atom. The minimum atomic E-state index is -0.488. The lowest BCUT2D eigenvalue weighted by Crippen LogP contribution is -2.02. The maximum Gasteiger partial charge on any atom is 0.347 e. The number of nitrogens with zero attached hydrogens (tertiary/aromatic N) is 1. The number of benzene rings is 2. The van der Waals surface area contributed by atoms with Crippen LogP contribution in [0, 0.1) is 0 Å². The van der Waals surface area contributed by atoms with E-state index < -0.39 is 5.63 Å². The van der Waals surface area contributed by atoms with Gasteiger partial charge in [0.05, 0.1) is 10.9 Å². The molecule has 4 rings (SSSR count). The highest BCUT2D eigenvalue weighted by atomic mass is 35.5. The highest BCUT2D eigenvalue weighted by Crippen LogP contribution is 2.27. The van der Waals surface area contributed by atoms with E-state index in [-0.39, 0.29) is 5.89 Å². The first-order chi connectivity index (χ1) is 10.2. The predicted octanol–water partition coefficient (Wildman–Crippen LogP) is 4.25. The van der Waals surface area contributed by atoms with Gasteiger partial charge in [0.1, 0.15) is 5.58 Å². The fourth-order valence-corrected chi connectivity index (χ4v) is 2.41. The fraction of sp³-hybridized carbons (Fsp3) is 0. The van der Waals surface area contributed by atoms with E-state index in [1.807, 2.05) is 24.3 Å². The van der Waals surface area contributed by atoms with E-state index in [9.17, 15) is 4.79 Å². The monoisotopic (exact) mass is 297 g/mol. The Morgan fingerprint density at radius 1 is 1.00 bits per heavy atom. The van der Waals surface area contributed by atoms with Gasteiger partial charge in [0.15, 0.2) is 5.76 Å². The summed E-state index contributed by atoms with van der Waals surface area (Å²) in [5.41, 5.74) is 0.747. The van der Waals surface area contributed by atoms with Gasteiger partial charge in [-0.1, -0.05) is 29.8 Å². The van der Waals surface area contributed by atoms with Crippen molar-refractivity contribution in [2.24, 2.45) is 0 Å². The van der Waals surface area contributed by atoms with E-state index in [4.69, 9.17) is 20.4 Å². The van der Waals surface area contributed by atoms with Crippen molar-refractivity contribution in [2.75, 3.05) is 0 Å². The maximum absolute atomic E-state index is 12.0. The molecule has 0 amide bonds. The number of aromatic nitrogens is 1. The van der Waals surface area contributed by atoms with E-state index in [2.05, 4.69) is 4.98 Å². The van der Waals surface area contributed by atoms with Gasteiger partial charge in [0.2, 0.25) is 0 Å². The summed E-state index contributed by atoms with van der Waals surface area (Å²) in [6.07, 6.45) is 0. The summed E-state index contributed by atoms with van der Waals surface area (Å²) >= 11 is 5.87. The minimum absolute atomic E-state index is 0.158. The number of rotatable bonds is 1. The van der Waals surface area contributed by atoms with Crippen molar-refractivity contribution in [1.29, 1.82) is 0 Å².